The summed E-state index contributed by atoms with van der Waals surface area (Å²) in [6, 6.07) is 5.47. The van der Waals surface area contributed by atoms with E-state index in [1.165, 1.54) is 0 Å². The molecular weight excluding hydrogens is 352 g/mol. The fraction of sp³-hybridized carbons (Fsp3) is 0.600. The Kier molecular flexibility index (Phi) is 5.46. The third kappa shape index (κ3) is 4.06. The highest BCUT2D eigenvalue weighted by Crippen LogP contribution is 2.35. The molecule has 1 saturated carbocycles. The molecule has 0 amide bonds. The number of halogens is 1. The van der Waals surface area contributed by atoms with Crippen LogP contribution in [0.15, 0.2) is 27.6 Å². The molecule has 1 aliphatic carbocycles. The molecular formula is C15H23BrN2O2S. The second-order valence-corrected chi connectivity index (χ2v) is 8.71. The van der Waals surface area contributed by atoms with Gasteiger partial charge < -0.3 is 5.73 Å². The van der Waals surface area contributed by atoms with Crippen molar-refractivity contribution in [2.24, 2.45) is 11.7 Å². The summed E-state index contributed by atoms with van der Waals surface area (Å²) in [4.78, 5) is 0.334. The number of hydrogen-bond acceptors (Lipinski definition) is 3. The van der Waals surface area contributed by atoms with Crippen molar-refractivity contribution in [3.8, 4) is 0 Å². The summed E-state index contributed by atoms with van der Waals surface area (Å²) in [5, 5.41) is 0. The van der Waals surface area contributed by atoms with Gasteiger partial charge in [0, 0.05) is 23.6 Å². The largest absolute Gasteiger partial charge is 0.326 e. The first-order chi connectivity index (χ1) is 9.86. The summed E-state index contributed by atoms with van der Waals surface area (Å²) in [5.41, 5.74) is 6.46. The van der Waals surface area contributed by atoms with Crippen LogP contribution in [0.4, 0.5) is 0 Å². The fourth-order valence-electron chi connectivity index (χ4n) is 2.25. The zero-order valence-corrected chi connectivity index (χ0v) is 15.0. The molecule has 118 valence electrons. The molecule has 0 radical (unpaired) electrons. The third-order valence-corrected chi connectivity index (χ3v) is 6.64. The van der Waals surface area contributed by atoms with Gasteiger partial charge in [-0.2, -0.15) is 4.31 Å². The van der Waals surface area contributed by atoms with Crippen molar-refractivity contribution in [1.29, 1.82) is 0 Å². The van der Waals surface area contributed by atoms with Crippen LogP contribution < -0.4 is 5.73 Å². The molecule has 0 unspecified atom stereocenters. The molecule has 0 spiro atoms. The van der Waals surface area contributed by atoms with Crippen LogP contribution in [-0.2, 0) is 16.6 Å². The highest BCUT2D eigenvalue weighted by atomic mass is 79.9. The van der Waals surface area contributed by atoms with Gasteiger partial charge in [-0.25, -0.2) is 8.42 Å². The number of nitrogens with zero attached hydrogens (tertiary/aromatic N) is 1. The molecule has 0 saturated heterocycles. The molecule has 21 heavy (non-hydrogen) atoms. The second-order valence-electron chi connectivity index (χ2n) is 6.00. The average molecular weight is 375 g/mol. The lowest BCUT2D eigenvalue weighted by Crippen LogP contribution is -2.35. The zero-order chi connectivity index (χ0) is 15.6. The molecule has 0 aromatic heterocycles. The Bertz CT molecular complexity index is 598. The van der Waals surface area contributed by atoms with Gasteiger partial charge in [-0.05, 0) is 58.8 Å². The third-order valence-electron chi connectivity index (χ3n) is 3.70. The van der Waals surface area contributed by atoms with Crippen LogP contribution in [0.25, 0.3) is 0 Å². The summed E-state index contributed by atoms with van der Waals surface area (Å²) in [6.07, 6.45) is 2.81. The van der Waals surface area contributed by atoms with Gasteiger partial charge in [0.25, 0.3) is 0 Å². The van der Waals surface area contributed by atoms with E-state index in [1.807, 2.05) is 6.07 Å². The van der Waals surface area contributed by atoms with Crippen LogP contribution in [-0.4, -0.2) is 25.3 Å². The average Bonchev–Trinajstić information content (AvgIpc) is 3.23. The van der Waals surface area contributed by atoms with Gasteiger partial charge in [0.05, 0.1) is 4.90 Å². The predicted octanol–water partition coefficient (Wildman–Crippen LogP) is 3.11. The molecule has 2 rings (SSSR count). The second kappa shape index (κ2) is 6.77. The van der Waals surface area contributed by atoms with Gasteiger partial charge in [0.1, 0.15) is 0 Å². The highest BCUT2D eigenvalue weighted by Gasteiger charge is 2.38. The fourth-order valence-corrected chi connectivity index (χ4v) is 4.92. The van der Waals surface area contributed by atoms with Gasteiger partial charge in [-0.3, -0.25) is 0 Å². The molecule has 2 N–H and O–H groups in total. The van der Waals surface area contributed by atoms with E-state index < -0.39 is 10.0 Å². The van der Waals surface area contributed by atoms with Crippen LogP contribution in [0, 0.1) is 5.92 Å². The SMILES string of the molecule is CC(C)CCN(C1CC1)S(=O)(=O)c1cc(CN)ccc1Br. The Balaban J connectivity index is 2.34. The molecule has 6 heteroatoms. The molecule has 0 heterocycles. The number of nitrogens with two attached hydrogens (primary N) is 1. The van der Waals surface area contributed by atoms with Crippen molar-refractivity contribution >= 4 is 26.0 Å². The smallest absolute Gasteiger partial charge is 0.244 e. The van der Waals surface area contributed by atoms with E-state index in [9.17, 15) is 8.42 Å². The van der Waals surface area contributed by atoms with Gasteiger partial charge >= 0.3 is 0 Å². The minimum Gasteiger partial charge on any atom is -0.326 e. The van der Waals surface area contributed by atoms with Crippen LogP contribution in [0.1, 0.15) is 38.7 Å². The van der Waals surface area contributed by atoms with E-state index in [1.54, 1.807) is 16.4 Å². The molecule has 0 aliphatic heterocycles. The van der Waals surface area contributed by atoms with E-state index in [0.29, 0.717) is 28.4 Å². The van der Waals surface area contributed by atoms with Gasteiger partial charge in [-0.1, -0.05) is 19.9 Å². The lowest BCUT2D eigenvalue weighted by atomic mass is 10.1. The minimum absolute atomic E-state index is 0.169. The predicted molar refractivity (Wildman–Crippen MR) is 88.4 cm³/mol. The molecule has 4 nitrogen and oxygen atoms in total. The van der Waals surface area contributed by atoms with E-state index in [4.69, 9.17) is 5.73 Å². The first-order valence-electron chi connectivity index (χ1n) is 7.36. The first kappa shape index (κ1) is 16.9. The van der Waals surface area contributed by atoms with Crippen molar-refractivity contribution in [3.63, 3.8) is 0 Å². The van der Waals surface area contributed by atoms with E-state index in [0.717, 1.165) is 24.8 Å². The normalized spacial score (nSPS) is 15.9. The van der Waals surface area contributed by atoms with Crippen molar-refractivity contribution < 1.29 is 8.42 Å². The Labute approximate surface area is 135 Å². The van der Waals surface area contributed by atoms with E-state index in [-0.39, 0.29) is 6.04 Å². The zero-order valence-electron chi connectivity index (χ0n) is 12.5. The van der Waals surface area contributed by atoms with E-state index >= 15 is 0 Å². The Morgan fingerprint density at radius 1 is 1.38 bits per heavy atom. The molecule has 1 aromatic carbocycles. The molecule has 1 aliphatic rings. The standard InChI is InChI=1S/C15H23BrN2O2S/c1-11(2)7-8-18(13-4-5-13)21(19,20)15-9-12(10-17)3-6-14(15)16/h3,6,9,11,13H,4-5,7-8,10,17H2,1-2H3. The lowest BCUT2D eigenvalue weighted by molar-refractivity contribution is 0.373. The highest BCUT2D eigenvalue weighted by molar-refractivity contribution is 9.10. The van der Waals surface area contributed by atoms with Crippen molar-refractivity contribution in [2.45, 2.75) is 50.6 Å². The van der Waals surface area contributed by atoms with Gasteiger partial charge in [0.2, 0.25) is 10.0 Å². The van der Waals surface area contributed by atoms with Crippen molar-refractivity contribution in [1.82, 2.24) is 4.31 Å². The van der Waals surface area contributed by atoms with E-state index in [2.05, 4.69) is 29.8 Å². The molecule has 1 aromatic rings. The first-order valence-corrected chi connectivity index (χ1v) is 9.60. The maximum atomic E-state index is 13.0. The number of sulfonamides is 1. The summed E-state index contributed by atoms with van der Waals surface area (Å²) in [6.45, 7) is 5.15. The maximum Gasteiger partial charge on any atom is 0.244 e. The summed E-state index contributed by atoms with van der Waals surface area (Å²) >= 11 is 3.37. The maximum absolute atomic E-state index is 13.0. The summed E-state index contributed by atoms with van der Waals surface area (Å²) < 4.78 is 28.2. The van der Waals surface area contributed by atoms with Crippen molar-refractivity contribution in [3.05, 3.63) is 28.2 Å². The Morgan fingerprint density at radius 3 is 2.57 bits per heavy atom. The quantitative estimate of drug-likeness (QED) is 0.797. The molecule has 0 atom stereocenters. The van der Waals surface area contributed by atoms with Crippen LogP contribution >= 0.6 is 15.9 Å². The van der Waals surface area contributed by atoms with Gasteiger partial charge in [-0.15, -0.1) is 0 Å². The van der Waals surface area contributed by atoms with Crippen LogP contribution in [0.3, 0.4) is 0 Å². The summed E-state index contributed by atoms with van der Waals surface area (Å²) in [5.74, 6) is 0.486. The van der Waals surface area contributed by atoms with Gasteiger partial charge in [0.15, 0.2) is 0 Å². The lowest BCUT2D eigenvalue weighted by Gasteiger charge is -2.23. The number of rotatable bonds is 7. The topological polar surface area (TPSA) is 63.4 Å². The number of benzene rings is 1. The Morgan fingerprint density at radius 2 is 2.05 bits per heavy atom. The summed E-state index contributed by atoms with van der Waals surface area (Å²) in [7, 11) is -3.47. The van der Waals surface area contributed by atoms with Crippen LogP contribution in [0.2, 0.25) is 0 Å². The Hall–Kier alpha value is -0.430. The number of hydrogen-bond donors (Lipinski definition) is 1. The molecule has 1 fully saturated rings. The molecule has 0 bridgehead atoms. The van der Waals surface area contributed by atoms with Crippen molar-refractivity contribution in [2.75, 3.05) is 6.54 Å². The minimum atomic E-state index is -3.47. The van der Waals surface area contributed by atoms with Crippen LogP contribution in [0.5, 0.6) is 0 Å². The monoisotopic (exact) mass is 374 g/mol.